The predicted octanol–water partition coefficient (Wildman–Crippen LogP) is 1.13. The lowest BCUT2D eigenvalue weighted by Gasteiger charge is -2.05. The van der Waals surface area contributed by atoms with Gasteiger partial charge < -0.3 is 5.32 Å². The molecule has 8 heteroatoms. The van der Waals surface area contributed by atoms with E-state index in [1.54, 1.807) is 0 Å². The average molecular weight is 286 g/mol. The summed E-state index contributed by atoms with van der Waals surface area (Å²) < 4.78 is 17.7. The van der Waals surface area contributed by atoms with Crippen LogP contribution in [0.5, 0.6) is 0 Å². The van der Waals surface area contributed by atoms with E-state index in [0.717, 1.165) is 6.07 Å². The summed E-state index contributed by atoms with van der Waals surface area (Å²) in [5.41, 5.74) is -0.0990. The summed E-state index contributed by atoms with van der Waals surface area (Å²) in [5.74, 6) is -1.62. The summed E-state index contributed by atoms with van der Waals surface area (Å²) in [6.45, 7) is 0.184. The molecule has 0 aliphatic heterocycles. The highest BCUT2D eigenvalue weighted by molar-refractivity contribution is 6.30. The summed E-state index contributed by atoms with van der Waals surface area (Å²) in [4.78, 5) is 24.6. The van der Waals surface area contributed by atoms with Crippen LogP contribution < -0.4 is 11.1 Å². The van der Waals surface area contributed by atoms with Gasteiger partial charge in [-0.2, -0.15) is 0 Å². The molecule has 100 valence electrons. The standard InChI is InChI=1S/C11H9ClFN3O3/c12-6-1-2-7(8(13)5-6)10(17)14-4-3-9-15-11(18)19-16-9/h1-2,5H,3-4H2,(H,14,17)(H,15,16,18). The van der Waals surface area contributed by atoms with Crippen LogP contribution in [0.2, 0.25) is 5.02 Å². The highest BCUT2D eigenvalue weighted by atomic mass is 35.5. The van der Waals surface area contributed by atoms with Crippen molar-refractivity contribution >= 4 is 17.5 Å². The van der Waals surface area contributed by atoms with E-state index < -0.39 is 17.5 Å². The minimum absolute atomic E-state index is 0.0990. The lowest BCUT2D eigenvalue weighted by Crippen LogP contribution is -2.26. The second kappa shape index (κ2) is 5.66. The van der Waals surface area contributed by atoms with E-state index >= 15 is 0 Å². The Kier molecular flexibility index (Phi) is 3.96. The van der Waals surface area contributed by atoms with E-state index in [9.17, 15) is 14.0 Å². The molecule has 0 saturated heterocycles. The number of amides is 1. The van der Waals surface area contributed by atoms with Crippen molar-refractivity contribution in [2.45, 2.75) is 6.42 Å². The van der Waals surface area contributed by atoms with Crippen LogP contribution in [0.3, 0.4) is 0 Å². The number of nitrogens with one attached hydrogen (secondary N) is 2. The van der Waals surface area contributed by atoms with E-state index in [4.69, 9.17) is 11.6 Å². The van der Waals surface area contributed by atoms with Crippen LogP contribution >= 0.6 is 11.6 Å². The first-order chi connectivity index (χ1) is 9.06. The fourth-order valence-corrected chi connectivity index (χ4v) is 1.59. The molecule has 6 nitrogen and oxygen atoms in total. The first-order valence-electron chi connectivity index (χ1n) is 5.34. The topological polar surface area (TPSA) is 88.0 Å². The van der Waals surface area contributed by atoms with Gasteiger partial charge in [-0.1, -0.05) is 16.8 Å². The number of carbonyl (C=O) groups is 1. The van der Waals surface area contributed by atoms with Crippen LogP contribution in [-0.2, 0) is 6.42 Å². The Bertz CT molecular complexity index is 653. The third-order valence-corrected chi connectivity index (χ3v) is 2.54. The fraction of sp³-hybridized carbons (Fsp3) is 0.182. The maximum Gasteiger partial charge on any atom is 0.438 e. The van der Waals surface area contributed by atoms with E-state index in [-0.39, 0.29) is 23.6 Å². The van der Waals surface area contributed by atoms with Crippen LogP contribution in [-0.4, -0.2) is 22.6 Å². The molecule has 1 aromatic carbocycles. The third-order valence-electron chi connectivity index (χ3n) is 2.31. The Morgan fingerprint density at radius 1 is 1.53 bits per heavy atom. The zero-order valence-corrected chi connectivity index (χ0v) is 10.3. The molecule has 0 unspecified atom stereocenters. The van der Waals surface area contributed by atoms with E-state index in [1.165, 1.54) is 12.1 Å². The molecule has 0 radical (unpaired) electrons. The second-order valence-electron chi connectivity index (χ2n) is 3.67. The number of carbonyl (C=O) groups excluding carboxylic acids is 1. The first-order valence-corrected chi connectivity index (χ1v) is 5.72. The summed E-state index contributed by atoms with van der Waals surface area (Å²) in [5, 5.41) is 6.14. The zero-order chi connectivity index (χ0) is 13.8. The molecule has 2 N–H and O–H groups in total. The Morgan fingerprint density at radius 3 is 2.95 bits per heavy atom. The Labute approximate surface area is 111 Å². The number of rotatable bonds is 4. The van der Waals surface area contributed by atoms with E-state index in [0.29, 0.717) is 5.82 Å². The monoisotopic (exact) mass is 285 g/mol. The van der Waals surface area contributed by atoms with Gasteiger partial charge in [0.25, 0.3) is 5.91 Å². The van der Waals surface area contributed by atoms with Gasteiger partial charge in [0.15, 0.2) is 5.82 Å². The number of halogens is 2. The first kappa shape index (κ1) is 13.3. The van der Waals surface area contributed by atoms with Crippen molar-refractivity contribution in [1.29, 1.82) is 0 Å². The lowest BCUT2D eigenvalue weighted by molar-refractivity contribution is 0.0950. The van der Waals surface area contributed by atoms with Crippen LogP contribution in [0.15, 0.2) is 27.5 Å². The summed E-state index contributed by atoms with van der Waals surface area (Å²) in [6, 6.07) is 3.78. The molecular weight excluding hydrogens is 277 g/mol. The molecule has 2 rings (SSSR count). The number of benzene rings is 1. The van der Waals surface area contributed by atoms with Crippen LogP contribution in [0.4, 0.5) is 4.39 Å². The summed E-state index contributed by atoms with van der Waals surface area (Å²) >= 11 is 5.58. The van der Waals surface area contributed by atoms with Gasteiger partial charge in [0, 0.05) is 18.0 Å². The smallest absolute Gasteiger partial charge is 0.351 e. The van der Waals surface area contributed by atoms with Crippen molar-refractivity contribution in [1.82, 2.24) is 15.5 Å². The van der Waals surface area contributed by atoms with Gasteiger partial charge in [0.2, 0.25) is 0 Å². The maximum atomic E-state index is 13.4. The molecule has 1 amide bonds. The molecule has 0 aliphatic carbocycles. The van der Waals surface area contributed by atoms with Gasteiger partial charge in [-0.25, -0.2) is 9.18 Å². The SMILES string of the molecule is O=C(NCCc1noc(=O)[nH]1)c1ccc(Cl)cc1F. The van der Waals surface area contributed by atoms with Gasteiger partial charge in [-0.3, -0.25) is 14.3 Å². The van der Waals surface area contributed by atoms with Crippen molar-refractivity contribution in [3.05, 3.63) is 51.0 Å². The van der Waals surface area contributed by atoms with Crippen molar-refractivity contribution in [2.75, 3.05) is 6.54 Å². The molecule has 2 aromatic rings. The van der Waals surface area contributed by atoms with Gasteiger partial charge in [0.05, 0.1) is 5.56 Å². The molecule has 19 heavy (non-hydrogen) atoms. The molecule has 0 bridgehead atoms. The number of hydrogen-bond acceptors (Lipinski definition) is 4. The Morgan fingerprint density at radius 2 is 2.32 bits per heavy atom. The third kappa shape index (κ3) is 3.41. The predicted molar refractivity (Wildman–Crippen MR) is 64.6 cm³/mol. The van der Waals surface area contributed by atoms with Gasteiger partial charge in [0.1, 0.15) is 5.82 Å². The number of aromatic amines is 1. The van der Waals surface area contributed by atoms with Crippen LogP contribution in [0.1, 0.15) is 16.2 Å². The number of aromatic nitrogens is 2. The normalized spacial score (nSPS) is 10.4. The molecule has 1 aromatic heterocycles. The van der Waals surface area contributed by atoms with Crippen molar-refractivity contribution in [3.8, 4) is 0 Å². The van der Waals surface area contributed by atoms with Gasteiger partial charge in [-0.15, -0.1) is 0 Å². The molecule has 0 fully saturated rings. The van der Waals surface area contributed by atoms with Crippen molar-refractivity contribution in [2.24, 2.45) is 0 Å². The molecule has 0 aliphatic rings. The second-order valence-corrected chi connectivity index (χ2v) is 4.11. The van der Waals surface area contributed by atoms with Crippen LogP contribution in [0, 0.1) is 5.82 Å². The molecule has 0 spiro atoms. The molecular formula is C11H9ClFN3O3. The van der Waals surface area contributed by atoms with E-state index in [1.807, 2.05) is 0 Å². The van der Waals surface area contributed by atoms with Gasteiger partial charge >= 0.3 is 5.76 Å². The average Bonchev–Trinajstić information content (AvgIpc) is 2.75. The summed E-state index contributed by atoms with van der Waals surface area (Å²) in [6.07, 6.45) is 0.271. The molecule has 0 saturated carbocycles. The van der Waals surface area contributed by atoms with Gasteiger partial charge in [-0.05, 0) is 18.2 Å². The highest BCUT2D eigenvalue weighted by Crippen LogP contribution is 2.14. The Hall–Kier alpha value is -2.15. The quantitative estimate of drug-likeness (QED) is 0.881. The number of nitrogens with zero attached hydrogens (tertiary/aromatic N) is 1. The number of H-pyrrole nitrogens is 1. The minimum atomic E-state index is -0.695. The van der Waals surface area contributed by atoms with E-state index in [2.05, 4.69) is 20.0 Å². The zero-order valence-electron chi connectivity index (χ0n) is 9.57. The largest absolute Gasteiger partial charge is 0.438 e. The highest BCUT2D eigenvalue weighted by Gasteiger charge is 2.11. The summed E-state index contributed by atoms with van der Waals surface area (Å²) in [7, 11) is 0. The number of hydrogen-bond donors (Lipinski definition) is 2. The van der Waals surface area contributed by atoms with Crippen molar-refractivity contribution in [3.63, 3.8) is 0 Å². The Balaban J connectivity index is 1.92. The van der Waals surface area contributed by atoms with Crippen molar-refractivity contribution < 1.29 is 13.7 Å². The minimum Gasteiger partial charge on any atom is -0.351 e. The molecule has 0 atom stereocenters. The molecule has 1 heterocycles. The fourth-order valence-electron chi connectivity index (χ4n) is 1.43. The maximum absolute atomic E-state index is 13.4. The lowest BCUT2D eigenvalue weighted by atomic mass is 10.2. The van der Waals surface area contributed by atoms with Crippen LogP contribution in [0.25, 0.3) is 0 Å².